The zero-order valence-electron chi connectivity index (χ0n) is 30.8. The molecule has 0 aliphatic carbocycles. The van der Waals surface area contributed by atoms with Crippen LogP contribution in [0.5, 0.6) is 0 Å². The summed E-state index contributed by atoms with van der Waals surface area (Å²) in [7, 11) is 0. The summed E-state index contributed by atoms with van der Waals surface area (Å²) in [5.74, 6) is 0.117. The molecule has 0 amide bonds. The summed E-state index contributed by atoms with van der Waals surface area (Å²) in [6.45, 7) is 7.64. The third-order valence-corrected chi connectivity index (χ3v) is 9.68. The monoisotopic (exact) mass is 684 g/mol. The van der Waals surface area contributed by atoms with E-state index in [1.165, 1.54) is 36.8 Å². The molecule has 6 rings (SSSR count). The van der Waals surface area contributed by atoms with Crippen LogP contribution in [0.1, 0.15) is 85.2 Å². The van der Waals surface area contributed by atoms with Gasteiger partial charge in [0.25, 0.3) is 0 Å². The molecule has 4 nitrogen and oxygen atoms in total. The lowest BCUT2D eigenvalue weighted by Crippen LogP contribution is -2.10. The van der Waals surface area contributed by atoms with Gasteiger partial charge in [0.05, 0.1) is 0 Å². The molecule has 4 heteroatoms. The molecule has 0 fully saturated rings. The molecule has 0 atom stereocenters. The molecule has 52 heavy (non-hydrogen) atoms. The number of ketones is 2. The van der Waals surface area contributed by atoms with Crippen molar-refractivity contribution in [2.75, 3.05) is 9.80 Å². The number of anilines is 6. The Hall–Kier alpha value is -5.74. The van der Waals surface area contributed by atoms with Crippen LogP contribution in [0, 0.1) is 0 Å². The van der Waals surface area contributed by atoms with Crippen molar-refractivity contribution in [1.29, 1.82) is 0 Å². The van der Waals surface area contributed by atoms with Crippen LogP contribution in [0.15, 0.2) is 146 Å². The Kier molecular flexibility index (Phi) is 11.8. The van der Waals surface area contributed by atoms with E-state index in [0.29, 0.717) is 11.1 Å². The first-order valence-corrected chi connectivity index (χ1v) is 18.5. The first-order valence-electron chi connectivity index (χ1n) is 18.5. The quantitative estimate of drug-likeness (QED) is 0.101. The minimum atomic E-state index is 0.0584. The maximum absolute atomic E-state index is 12.0. The summed E-state index contributed by atoms with van der Waals surface area (Å²) < 4.78 is 0. The van der Waals surface area contributed by atoms with Gasteiger partial charge in [0.15, 0.2) is 11.6 Å². The number of benzene rings is 6. The number of carbonyl (C=O) groups is 2. The fourth-order valence-electron chi connectivity index (χ4n) is 6.58. The normalized spacial score (nSPS) is 10.9. The smallest absolute Gasteiger partial charge is 0.159 e. The number of hydrogen-bond acceptors (Lipinski definition) is 4. The van der Waals surface area contributed by atoms with Gasteiger partial charge in [-0.05, 0) is 159 Å². The molecule has 0 aliphatic heterocycles. The molecule has 0 aliphatic rings. The first kappa shape index (κ1) is 36.1. The molecule has 0 aromatic heterocycles. The van der Waals surface area contributed by atoms with Gasteiger partial charge in [0, 0.05) is 45.3 Å². The fraction of sp³-hybridized carbons (Fsp3) is 0.208. The van der Waals surface area contributed by atoms with Crippen LogP contribution in [0.25, 0.3) is 11.1 Å². The molecule has 6 aromatic rings. The fourth-order valence-corrected chi connectivity index (χ4v) is 6.58. The number of rotatable bonds is 15. The van der Waals surface area contributed by atoms with Crippen molar-refractivity contribution in [3.8, 4) is 11.1 Å². The Bertz CT molecular complexity index is 1910. The highest BCUT2D eigenvalue weighted by Gasteiger charge is 2.16. The third kappa shape index (κ3) is 8.58. The minimum Gasteiger partial charge on any atom is -0.311 e. The van der Waals surface area contributed by atoms with Crippen molar-refractivity contribution in [3.63, 3.8) is 0 Å². The number of hydrogen-bond donors (Lipinski definition) is 0. The number of unbranched alkanes of at least 4 members (excludes halogenated alkanes) is 2. The van der Waals surface area contributed by atoms with Crippen molar-refractivity contribution < 1.29 is 9.59 Å². The Labute approximate surface area is 309 Å². The average molecular weight is 685 g/mol. The topological polar surface area (TPSA) is 40.6 Å². The number of carbonyl (C=O) groups excluding carboxylic acids is 2. The van der Waals surface area contributed by atoms with Gasteiger partial charge in [-0.25, -0.2) is 0 Å². The molecule has 262 valence electrons. The molecule has 0 unspecified atom stereocenters. The Morgan fingerprint density at radius 1 is 0.385 bits per heavy atom. The van der Waals surface area contributed by atoms with Crippen LogP contribution < -0.4 is 9.80 Å². The number of nitrogens with zero attached hydrogens (tertiary/aromatic N) is 2. The van der Waals surface area contributed by atoms with E-state index in [9.17, 15) is 9.59 Å². The first-order chi connectivity index (χ1) is 25.3. The van der Waals surface area contributed by atoms with Gasteiger partial charge in [-0.2, -0.15) is 0 Å². The van der Waals surface area contributed by atoms with E-state index in [1.54, 1.807) is 13.8 Å². The van der Waals surface area contributed by atoms with Gasteiger partial charge >= 0.3 is 0 Å². The van der Waals surface area contributed by atoms with E-state index in [1.807, 2.05) is 48.5 Å². The molecule has 0 spiro atoms. The summed E-state index contributed by atoms with van der Waals surface area (Å²) >= 11 is 0. The molecule has 0 heterocycles. The van der Waals surface area contributed by atoms with Crippen LogP contribution in [0.4, 0.5) is 34.1 Å². The lowest BCUT2D eigenvalue weighted by Gasteiger charge is -2.26. The molecule has 0 bridgehead atoms. The molecule has 6 aromatic carbocycles. The van der Waals surface area contributed by atoms with Gasteiger partial charge in [-0.3, -0.25) is 9.59 Å². The third-order valence-electron chi connectivity index (χ3n) is 9.68. The van der Waals surface area contributed by atoms with Crippen LogP contribution in [-0.4, -0.2) is 11.6 Å². The van der Waals surface area contributed by atoms with E-state index in [0.717, 1.165) is 58.1 Å². The lowest BCUT2D eigenvalue weighted by atomic mass is 10.0. The highest BCUT2D eigenvalue weighted by Crippen LogP contribution is 2.38. The second kappa shape index (κ2) is 17.0. The molecule has 0 saturated heterocycles. The van der Waals surface area contributed by atoms with Crippen molar-refractivity contribution in [2.24, 2.45) is 0 Å². The molecular formula is C48H48N2O2. The van der Waals surface area contributed by atoms with Crippen molar-refractivity contribution >= 4 is 45.7 Å². The van der Waals surface area contributed by atoms with Crippen molar-refractivity contribution in [2.45, 2.75) is 66.2 Å². The van der Waals surface area contributed by atoms with Crippen LogP contribution in [0.2, 0.25) is 0 Å². The van der Waals surface area contributed by atoms with Gasteiger partial charge in [-0.1, -0.05) is 75.2 Å². The van der Waals surface area contributed by atoms with Crippen molar-refractivity contribution in [1.82, 2.24) is 0 Å². The molecule has 0 radical (unpaired) electrons. The van der Waals surface area contributed by atoms with Gasteiger partial charge in [-0.15, -0.1) is 0 Å². The lowest BCUT2D eigenvalue weighted by molar-refractivity contribution is 0.100. The standard InChI is InChI=1S/C48H48N2O2/c1-5-7-9-37-11-23-43(24-12-37)49(45-27-15-39(16-28-45)35(3)51)47-31-19-41(20-32-47)42-21-33-48(34-22-42)50(46-29-17-40(18-30-46)36(4)52)44-25-13-38(14-26-44)10-8-6-2/h11-34H,5-10H2,1-4H3. The number of aryl methyl sites for hydroxylation is 2. The number of Topliss-reactive ketones (excluding diaryl/α,β-unsaturated/α-hetero) is 2. The Morgan fingerprint density at radius 3 is 0.885 bits per heavy atom. The van der Waals surface area contributed by atoms with E-state index in [4.69, 9.17) is 0 Å². The summed E-state index contributed by atoms with van der Waals surface area (Å²) in [4.78, 5) is 28.5. The zero-order chi connectivity index (χ0) is 36.5. The molecule has 0 saturated carbocycles. The van der Waals surface area contributed by atoms with E-state index in [2.05, 4.69) is 121 Å². The summed E-state index contributed by atoms with van der Waals surface area (Å²) in [6, 6.07) is 50.7. The van der Waals surface area contributed by atoms with Gasteiger partial charge < -0.3 is 9.80 Å². The summed E-state index contributed by atoms with van der Waals surface area (Å²) in [5, 5.41) is 0. The summed E-state index contributed by atoms with van der Waals surface area (Å²) in [6.07, 6.45) is 6.85. The zero-order valence-corrected chi connectivity index (χ0v) is 30.8. The summed E-state index contributed by atoms with van der Waals surface area (Å²) in [5.41, 5.74) is 12.5. The predicted octanol–water partition coefficient (Wildman–Crippen LogP) is 13.4. The molecule has 0 N–H and O–H groups in total. The van der Waals surface area contributed by atoms with E-state index >= 15 is 0 Å². The van der Waals surface area contributed by atoms with E-state index < -0.39 is 0 Å². The second-order valence-corrected chi connectivity index (χ2v) is 13.5. The highest BCUT2D eigenvalue weighted by molar-refractivity contribution is 5.95. The van der Waals surface area contributed by atoms with Crippen LogP contribution in [-0.2, 0) is 12.8 Å². The minimum absolute atomic E-state index is 0.0584. The predicted molar refractivity (Wildman–Crippen MR) is 218 cm³/mol. The highest BCUT2D eigenvalue weighted by atomic mass is 16.1. The largest absolute Gasteiger partial charge is 0.311 e. The van der Waals surface area contributed by atoms with Gasteiger partial charge in [0.2, 0.25) is 0 Å². The Morgan fingerprint density at radius 2 is 0.635 bits per heavy atom. The second-order valence-electron chi connectivity index (χ2n) is 13.5. The van der Waals surface area contributed by atoms with Crippen molar-refractivity contribution in [3.05, 3.63) is 168 Å². The van der Waals surface area contributed by atoms with Gasteiger partial charge in [0.1, 0.15) is 0 Å². The molecular weight excluding hydrogens is 637 g/mol. The maximum atomic E-state index is 12.0. The maximum Gasteiger partial charge on any atom is 0.159 e. The van der Waals surface area contributed by atoms with Crippen LogP contribution >= 0.6 is 0 Å². The SMILES string of the molecule is CCCCc1ccc(N(c2ccc(C(C)=O)cc2)c2ccc(-c3ccc(N(c4ccc(CCCC)cc4)c4ccc(C(C)=O)cc4)cc3)cc2)cc1. The van der Waals surface area contributed by atoms with Crippen LogP contribution in [0.3, 0.4) is 0 Å². The van der Waals surface area contributed by atoms with E-state index in [-0.39, 0.29) is 11.6 Å². The Balaban J connectivity index is 1.30. The average Bonchev–Trinajstić information content (AvgIpc) is 3.18.